The van der Waals surface area contributed by atoms with Crippen molar-refractivity contribution in [3.8, 4) is 0 Å². The Morgan fingerprint density at radius 3 is 1.52 bits per heavy atom. The van der Waals surface area contributed by atoms with Crippen LogP contribution in [-0.2, 0) is 0 Å². The van der Waals surface area contributed by atoms with Gasteiger partial charge in [-0.15, -0.1) is 0 Å². The van der Waals surface area contributed by atoms with Crippen molar-refractivity contribution in [2.24, 2.45) is 0 Å². The summed E-state index contributed by atoms with van der Waals surface area (Å²) in [5.41, 5.74) is 2.02. The van der Waals surface area contributed by atoms with Gasteiger partial charge in [-0.3, -0.25) is 4.79 Å². The number of aldehydes is 1. The standard InChI is InChI=1S/C13H10BrFO.C7H6O.C6H3Br2F/c14-11-6-10(7-12(15)8-11)13(16)9-4-2-1-3-5-9;8-6-7-4-2-1-3-5-7;7-4-1-5(8)3-6(9)2-4/h1-8,13,16H;1-6H;1-3H. The van der Waals surface area contributed by atoms with Crippen LogP contribution in [0, 0.1) is 11.6 Å². The lowest BCUT2D eigenvalue weighted by atomic mass is 10.0. The normalized spacial score (nSPS) is 10.7. The average Bonchev–Trinajstić information content (AvgIpc) is 2.79. The van der Waals surface area contributed by atoms with E-state index in [2.05, 4.69) is 47.8 Å². The van der Waals surface area contributed by atoms with Gasteiger partial charge < -0.3 is 5.11 Å². The van der Waals surface area contributed by atoms with Gasteiger partial charge in [0.25, 0.3) is 0 Å². The summed E-state index contributed by atoms with van der Waals surface area (Å²) >= 11 is 9.49. The van der Waals surface area contributed by atoms with E-state index in [0.29, 0.717) is 10.0 Å². The molecule has 4 aromatic rings. The Hall–Kier alpha value is -2.19. The summed E-state index contributed by atoms with van der Waals surface area (Å²) in [5, 5.41) is 10.1. The number of benzene rings is 4. The van der Waals surface area contributed by atoms with Gasteiger partial charge in [0.1, 0.15) is 24.0 Å². The van der Waals surface area contributed by atoms with Crippen LogP contribution in [0.25, 0.3) is 0 Å². The Bertz CT molecular complexity index is 1090. The summed E-state index contributed by atoms with van der Waals surface area (Å²) in [6.07, 6.45) is 0.0354. The van der Waals surface area contributed by atoms with Gasteiger partial charge in [-0.05, 0) is 47.5 Å². The van der Waals surface area contributed by atoms with Gasteiger partial charge in [0, 0.05) is 19.0 Å². The number of aliphatic hydroxyl groups is 1. The Morgan fingerprint density at radius 1 is 0.636 bits per heavy atom. The zero-order valence-corrected chi connectivity index (χ0v) is 21.9. The zero-order chi connectivity index (χ0) is 24.2. The molecule has 0 spiro atoms. The molecule has 7 heteroatoms. The first-order valence-corrected chi connectivity index (χ1v) is 12.0. The maximum absolute atomic E-state index is 13.2. The van der Waals surface area contributed by atoms with E-state index in [1.807, 2.05) is 48.5 Å². The molecule has 0 radical (unpaired) electrons. The number of carbonyl (C=O) groups is 1. The molecular weight excluding hydrogens is 622 g/mol. The quantitative estimate of drug-likeness (QED) is 0.228. The van der Waals surface area contributed by atoms with Crippen LogP contribution in [0.5, 0.6) is 0 Å². The van der Waals surface area contributed by atoms with Crippen LogP contribution in [0.15, 0.2) is 110 Å². The molecule has 4 aromatic carbocycles. The smallest absolute Gasteiger partial charge is 0.150 e. The van der Waals surface area contributed by atoms with Crippen molar-refractivity contribution < 1.29 is 18.7 Å². The summed E-state index contributed by atoms with van der Waals surface area (Å²) in [7, 11) is 0. The van der Waals surface area contributed by atoms with E-state index in [1.54, 1.807) is 24.3 Å². The maximum Gasteiger partial charge on any atom is 0.150 e. The molecule has 0 aromatic heterocycles. The summed E-state index contributed by atoms with van der Waals surface area (Å²) in [5.74, 6) is -0.601. The fourth-order valence-corrected chi connectivity index (χ4v) is 4.33. The van der Waals surface area contributed by atoms with Crippen molar-refractivity contribution in [1.29, 1.82) is 0 Å². The highest BCUT2D eigenvalue weighted by Crippen LogP contribution is 2.25. The predicted molar refractivity (Wildman–Crippen MR) is 138 cm³/mol. The Balaban J connectivity index is 0.000000192. The van der Waals surface area contributed by atoms with E-state index < -0.39 is 6.10 Å². The van der Waals surface area contributed by atoms with Crippen molar-refractivity contribution in [2.75, 3.05) is 0 Å². The molecule has 0 saturated carbocycles. The Kier molecular flexibility index (Phi) is 11.6. The summed E-state index contributed by atoms with van der Waals surface area (Å²) in [6.45, 7) is 0. The number of hydrogen-bond donors (Lipinski definition) is 1. The van der Waals surface area contributed by atoms with Crippen LogP contribution in [0.4, 0.5) is 8.78 Å². The summed E-state index contributed by atoms with van der Waals surface area (Å²) in [6, 6.07) is 27.3. The van der Waals surface area contributed by atoms with E-state index in [9.17, 15) is 18.7 Å². The minimum absolute atomic E-state index is 0.240. The molecule has 0 fully saturated rings. The third kappa shape index (κ3) is 10.1. The number of carbonyl (C=O) groups excluding carboxylic acids is 1. The molecule has 0 bridgehead atoms. The number of aliphatic hydroxyl groups excluding tert-OH is 1. The molecule has 0 aliphatic rings. The second kappa shape index (κ2) is 14.2. The van der Waals surface area contributed by atoms with Gasteiger partial charge in [0.15, 0.2) is 0 Å². The first kappa shape index (κ1) is 27.1. The van der Waals surface area contributed by atoms with Crippen molar-refractivity contribution >= 4 is 54.1 Å². The fourth-order valence-electron chi connectivity index (χ4n) is 2.61. The Morgan fingerprint density at radius 2 is 1.09 bits per heavy atom. The van der Waals surface area contributed by atoms with E-state index in [-0.39, 0.29) is 11.6 Å². The van der Waals surface area contributed by atoms with Gasteiger partial charge >= 0.3 is 0 Å². The number of halogens is 5. The number of rotatable bonds is 3. The maximum atomic E-state index is 13.2. The van der Waals surface area contributed by atoms with Crippen LogP contribution in [-0.4, -0.2) is 11.4 Å². The van der Waals surface area contributed by atoms with Gasteiger partial charge in [-0.1, -0.05) is 108 Å². The molecule has 1 unspecified atom stereocenters. The second-order valence-electron chi connectivity index (χ2n) is 6.63. The van der Waals surface area contributed by atoms with Gasteiger partial charge in [0.05, 0.1) is 0 Å². The van der Waals surface area contributed by atoms with Crippen molar-refractivity contribution in [3.63, 3.8) is 0 Å². The summed E-state index contributed by atoms with van der Waals surface area (Å²) < 4.78 is 27.6. The van der Waals surface area contributed by atoms with E-state index in [4.69, 9.17) is 0 Å². The van der Waals surface area contributed by atoms with Crippen LogP contribution >= 0.6 is 47.8 Å². The molecule has 4 rings (SSSR count). The first-order valence-electron chi connectivity index (χ1n) is 9.59. The van der Waals surface area contributed by atoms with E-state index in [0.717, 1.165) is 26.4 Å². The van der Waals surface area contributed by atoms with Crippen molar-refractivity contribution in [1.82, 2.24) is 0 Å². The van der Waals surface area contributed by atoms with E-state index >= 15 is 0 Å². The predicted octanol–water partition coefficient (Wildman–Crippen LogP) is 8.52. The van der Waals surface area contributed by atoms with Crippen molar-refractivity contribution in [2.45, 2.75) is 6.10 Å². The zero-order valence-electron chi connectivity index (χ0n) is 17.1. The molecule has 2 nitrogen and oxygen atoms in total. The minimum Gasteiger partial charge on any atom is -0.384 e. The lowest BCUT2D eigenvalue weighted by Gasteiger charge is -2.11. The SMILES string of the molecule is Fc1cc(Br)cc(Br)c1.O=Cc1ccccc1.OC(c1ccccc1)c1cc(F)cc(Br)c1. The molecule has 0 saturated heterocycles. The highest BCUT2D eigenvalue weighted by molar-refractivity contribution is 9.11. The highest BCUT2D eigenvalue weighted by atomic mass is 79.9. The third-order valence-corrected chi connectivity index (χ3v) is 5.45. The highest BCUT2D eigenvalue weighted by Gasteiger charge is 2.11. The van der Waals surface area contributed by atoms with Crippen LogP contribution in [0.3, 0.4) is 0 Å². The number of hydrogen-bond acceptors (Lipinski definition) is 2. The molecular formula is C26H19Br3F2O2. The molecule has 1 N–H and O–H groups in total. The molecule has 0 aliphatic heterocycles. The monoisotopic (exact) mass is 638 g/mol. The molecule has 0 aliphatic carbocycles. The molecule has 170 valence electrons. The van der Waals surface area contributed by atoms with Gasteiger partial charge in [-0.25, -0.2) is 8.78 Å². The van der Waals surface area contributed by atoms with Crippen LogP contribution in [0.1, 0.15) is 27.6 Å². The third-order valence-electron chi connectivity index (χ3n) is 4.08. The first-order chi connectivity index (χ1) is 15.8. The van der Waals surface area contributed by atoms with Gasteiger partial charge in [-0.2, -0.15) is 0 Å². The molecule has 0 heterocycles. The fraction of sp³-hybridized carbons (Fsp3) is 0.0385. The van der Waals surface area contributed by atoms with Crippen LogP contribution < -0.4 is 0 Å². The van der Waals surface area contributed by atoms with Crippen molar-refractivity contribution in [3.05, 3.63) is 139 Å². The molecule has 0 amide bonds. The van der Waals surface area contributed by atoms with Gasteiger partial charge in [0.2, 0.25) is 0 Å². The average molecular weight is 641 g/mol. The molecule has 1 atom stereocenters. The molecule has 33 heavy (non-hydrogen) atoms. The lowest BCUT2D eigenvalue weighted by Crippen LogP contribution is -1.99. The lowest BCUT2D eigenvalue weighted by molar-refractivity contribution is 0.112. The topological polar surface area (TPSA) is 37.3 Å². The Labute approximate surface area is 216 Å². The second-order valence-corrected chi connectivity index (χ2v) is 9.38. The van der Waals surface area contributed by atoms with Crippen LogP contribution in [0.2, 0.25) is 0 Å². The largest absolute Gasteiger partial charge is 0.384 e. The van der Waals surface area contributed by atoms with E-state index in [1.165, 1.54) is 24.3 Å². The summed E-state index contributed by atoms with van der Waals surface area (Å²) in [4.78, 5) is 10.0. The minimum atomic E-state index is -0.798.